The highest BCUT2D eigenvalue weighted by Crippen LogP contribution is 2.34. The Labute approximate surface area is 163 Å². The second kappa shape index (κ2) is 9.13. The third-order valence-corrected chi connectivity index (χ3v) is 5.75. The van der Waals surface area contributed by atoms with E-state index in [0.29, 0.717) is 25.3 Å². The van der Waals surface area contributed by atoms with Gasteiger partial charge in [-0.2, -0.15) is 13.2 Å². The van der Waals surface area contributed by atoms with Gasteiger partial charge in [-0.1, -0.05) is 31.4 Å². The van der Waals surface area contributed by atoms with Gasteiger partial charge in [0.2, 0.25) is 0 Å². The number of rotatable bonds is 5. The van der Waals surface area contributed by atoms with E-state index in [0.717, 1.165) is 50.9 Å². The molecule has 2 aliphatic rings. The number of ether oxygens (including phenoxy) is 1. The fourth-order valence-electron chi connectivity index (χ4n) is 4.20. The summed E-state index contributed by atoms with van der Waals surface area (Å²) in [7, 11) is 0. The summed E-state index contributed by atoms with van der Waals surface area (Å²) in [6.07, 6.45) is 1.20. The smallest absolute Gasteiger partial charge is 0.379 e. The van der Waals surface area contributed by atoms with Crippen molar-refractivity contribution in [3.05, 3.63) is 35.4 Å². The van der Waals surface area contributed by atoms with E-state index in [1.54, 1.807) is 6.07 Å². The maximum Gasteiger partial charge on any atom is 0.416 e. The van der Waals surface area contributed by atoms with Gasteiger partial charge in [-0.25, -0.2) is 4.79 Å². The van der Waals surface area contributed by atoms with Crippen LogP contribution in [-0.4, -0.2) is 49.3 Å². The molecule has 0 atom stereocenters. The SMILES string of the molecule is O=C(NCc1cccc(C(F)(F)F)c1)NCC1(N2CCOCC2)CCCCC1. The average molecular weight is 399 g/mol. The van der Waals surface area contributed by atoms with Gasteiger partial charge >= 0.3 is 12.2 Å². The van der Waals surface area contributed by atoms with E-state index in [1.807, 2.05) is 0 Å². The standard InChI is InChI=1S/C20H28F3N3O2/c21-20(22,23)17-6-4-5-16(13-17)14-24-18(27)25-15-19(7-2-1-3-8-19)26-9-11-28-12-10-26/h4-6,13H,1-3,7-12,14-15H2,(H2,24,25,27). The molecular formula is C20H28F3N3O2. The van der Waals surface area contributed by atoms with Crippen LogP contribution in [0.5, 0.6) is 0 Å². The first-order valence-corrected chi connectivity index (χ1v) is 9.90. The van der Waals surface area contributed by atoms with E-state index in [1.165, 1.54) is 12.5 Å². The number of carbonyl (C=O) groups is 1. The normalized spacial score (nSPS) is 20.5. The maximum atomic E-state index is 12.8. The quantitative estimate of drug-likeness (QED) is 0.796. The first-order valence-electron chi connectivity index (χ1n) is 9.90. The van der Waals surface area contributed by atoms with Crippen molar-refractivity contribution in [3.8, 4) is 0 Å². The zero-order valence-electron chi connectivity index (χ0n) is 16.0. The van der Waals surface area contributed by atoms with Crippen molar-refractivity contribution in [2.75, 3.05) is 32.8 Å². The second-order valence-corrected chi connectivity index (χ2v) is 7.62. The monoisotopic (exact) mass is 399 g/mol. The third-order valence-electron chi connectivity index (χ3n) is 5.75. The summed E-state index contributed by atoms with van der Waals surface area (Å²) < 4.78 is 43.9. The number of carbonyl (C=O) groups excluding carboxylic acids is 1. The van der Waals surface area contributed by atoms with E-state index in [9.17, 15) is 18.0 Å². The number of halogens is 3. The fourth-order valence-corrected chi connectivity index (χ4v) is 4.20. The molecule has 0 unspecified atom stereocenters. The van der Waals surface area contributed by atoms with Crippen LogP contribution in [0.15, 0.2) is 24.3 Å². The molecule has 1 saturated heterocycles. The van der Waals surface area contributed by atoms with Gasteiger partial charge in [-0.3, -0.25) is 4.90 Å². The number of benzene rings is 1. The Morgan fingerprint density at radius 2 is 1.82 bits per heavy atom. The highest BCUT2D eigenvalue weighted by Gasteiger charge is 2.38. The van der Waals surface area contributed by atoms with Gasteiger partial charge in [0, 0.05) is 31.7 Å². The van der Waals surface area contributed by atoms with Gasteiger partial charge < -0.3 is 15.4 Å². The Bertz CT molecular complexity index is 654. The number of amides is 2. The lowest BCUT2D eigenvalue weighted by Crippen LogP contribution is -2.60. The van der Waals surface area contributed by atoms with Crippen molar-refractivity contribution in [2.45, 2.75) is 50.4 Å². The van der Waals surface area contributed by atoms with E-state index < -0.39 is 11.7 Å². The Morgan fingerprint density at radius 1 is 1.11 bits per heavy atom. The lowest BCUT2D eigenvalue weighted by Gasteiger charge is -2.48. The molecule has 2 N–H and O–H groups in total. The molecule has 8 heteroatoms. The molecule has 1 aliphatic carbocycles. The maximum absolute atomic E-state index is 12.8. The number of nitrogens with zero attached hydrogens (tertiary/aromatic N) is 1. The average Bonchev–Trinajstić information content (AvgIpc) is 2.72. The van der Waals surface area contributed by atoms with Crippen LogP contribution < -0.4 is 10.6 Å². The van der Waals surface area contributed by atoms with Crippen molar-refractivity contribution in [2.24, 2.45) is 0 Å². The van der Waals surface area contributed by atoms with Gasteiger partial charge in [0.1, 0.15) is 0 Å². The fraction of sp³-hybridized carbons (Fsp3) is 0.650. The molecule has 28 heavy (non-hydrogen) atoms. The predicted molar refractivity (Wildman–Crippen MR) is 99.9 cm³/mol. The van der Waals surface area contributed by atoms with Crippen molar-refractivity contribution in [3.63, 3.8) is 0 Å². The number of hydrogen-bond donors (Lipinski definition) is 2. The topological polar surface area (TPSA) is 53.6 Å². The molecule has 1 aromatic carbocycles. The summed E-state index contributed by atoms with van der Waals surface area (Å²) in [6.45, 7) is 3.76. The van der Waals surface area contributed by atoms with Crippen LogP contribution in [0.25, 0.3) is 0 Å². The van der Waals surface area contributed by atoms with Crippen LogP contribution in [0.1, 0.15) is 43.2 Å². The van der Waals surface area contributed by atoms with E-state index in [2.05, 4.69) is 15.5 Å². The number of nitrogens with one attached hydrogen (secondary N) is 2. The van der Waals surface area contributed by atoms with Crippen molar-refractivity contribution in [1.82, 2.24) is 15.5 Å². The molecule has 5 nitrogen and oxygen atoms in total. The summed E-state index contributed by atoms with van der Waals surface area (Å²) in [5.41, 5.74) is -0.332. The minimum absolute atomic E-state index is 0.0461. The van der Waals surface area contributed by atoms with Gasteiger partial charge in [0.25, 0.3) is 0 Å². The first-order chi connectivity index (χ1) is 13.4. The molecule has 0 radical (unpaired) electrons. The van der Waals surface area contributed by atoms with Crippen LogP contribution in [-0.2, 0) is 17.5 Å². The molecule has 3 rings (SSSR count). The van der Waals surface area contributed by atoms with Crippen molar-refractivity contribution < 1.29 is 22.7 Å². The first kappa shape index (κ1) is 20.9. The molecule has 0 bridgehead atoms. The lowest BCUT2D eigenvalue weighted by molar-refractivity contribution is -0.137. The third kappa shape index (κ3) is 5.38. The molecule has 0 aromatic heterocycles. The number of morpholine rings is 1. The van der Waals surface area contributed by atoms with Gasteiger partial charge in [-0.05, 0) is 30.5 Å². The minimum Gasteiger partial charge on any atom is -0.379 e. The van der Waals surface area contributed by atoms with Crippen LogP contribution >= 0.6 is 0 Å². The van der Waals surface area contributed by atoms with Crippen LogP contribution in [0.4, 0.5) is 18.0 Å². The minimum atomic E-state index is -4.39. The zero-order valence-corrected chi connectivity index (χ0v) is 16.0. The van der Waals surface area contributed by atoms with Crippen molar-refractivity contribution >= 4 is 6.03 Å². The summed E-state index contributed by atoms with van der Waals surface area (Å²) >= 11 is 0. The molecule has 156 valence electrons. The summed E-state index contributed by atoms with van der Waals surface area (Å²) in [5.74, 6) is 0. The number of urea groups is 1. The Hall–Kier alpha value is -1.80. The molecule has 2 amide bonds. The summed E-state index contributed by atoms with van der Waals surface area (Å²) in [5, 5.41) is 5.63. The molecule has 1 saturated carbocycles. The summed E-state index contributed by atoms with van der Waals surface area (Å²) in [4.78, 5) is 14.7. The molecule has 0 spiro atoms. The molecule has 2 fully saturated rings. The molecule has 1 aromatic rings. The predicted octanol–water partition coefficient (Wildman–Crippen LogP) is 3.54. The molecule has 1 aliphatic heterocycles. The highest BCUT2D eigenvalue weighted by atomic mass is 19.4. The van der Waals surface area contributed by atoms with Gasteiger partial charge in [0.05, 0.1) is 18.8 Å². The molecule has 1 heterocycles. The van der Waals surface area contributed by atoms with Crippen LogP contribution in [0.3, 0.4) is 0 Å². The highest BCUT2D eigenvalue weighted by molar-refractivity contribution is 5.73. The van der Waals surface area contributed by atoms with Gasteiger partial charge in [0.15, 0.2) is 0 Å². The lowest BCUT2D eigenvalue weighted by atomic mass is 9.80. The Balaban J connectivity index is 1.53. The van der Waals surface area contributed by atoms with Gasteiger partial charge in [-0.15, -0.1) is 0 Å². The Kier molecular flexibility index (Phi) is 6.82. The largest absolute Gasteiger partial charge is 0.416 e. The van der Waals surface area contributed by atoms with Crippen molar-refractivity contribution in [1.29, 1.82) is 0 Å². The van der Waals surface area contributed by atoms with Crippen LogP contribution in [0.2, 0.25) is 0 Å². The second-order valence-electron chi connectivity index (χ2n) is 7.62. The zero-order chi connectivity index (χ0) is 20.0. The Morgan fingerprint density at radius 3 is 2.50 bits per heavy atom. The number of alkyl halides is 3. The van der Waals surface area contributed by atoms with E-state index in [4.69, 9.17) is 4.74 Å². The van der Waals surface area contributed by atoms with Crippen LogP contribution in [0, 0.1) is 0 Å². The van der Waals surface area contributed by atoms with E-state index >= 15 is 0 Å². The summed E-state index contributed by atoms with van der Waals surface area (Å²) in [6, 6.07) is 4.67. The number of hydrogen-bond acceptors (Lipinski definition) is 3. The van der Waals surface area contributed by atoms with E-state index in [-0.39, 0.29) is 18.1 Å². The molecular weight excluding hydrogens is 371 g/mol.